The predicted molar refractivity (Wildman–Crippen MR) is 81.8 cm³/mol. The van der Waals surface area contributed by atoms with Crippen LogP contribution in [0.15, 0.2) is 58.8 Å². The highest BCUT2D eigenvalue weighted by atomic mass is 16.5. The summed E-state index contributed by atoms with van der Waals surface area (Å²) in [7, 11) is 0. The molecule has 0 radical (unpaired) electrons. The van der Waals surface area contributed by atoms with Crippen LogP contribution >= 0.6 is 0 Å². The molecule has 0 aliphatic heterocycles. The lowest BCUT2D eigenvalue weighted by Crippen LogP contribution is -2.29. The van der Waals surface area contributed by atoms with Crippen molar-refractivity contribution < 1.29 is 18.7 Å². The van der Waals surface area contributed by atoms with Crippen molar-refractivity contribution in [2.45, 2.75) is 20.0 Å². The van der Waals surface area contributed by atoms with E-state index in [-0.39, 0.29) is 17.7 Å². The van der Waals surface area contributed by atoms with Crippen LogP contribution in [0.25, 0.3) is 6.08 Å². The third-order valence-electron chi connectivity index (χ3n) is 2.68. The van der Waals surface area contributed by atoms with Crippen LogP contribution in [0, 0.1) is 0 Å². The molecule has 2 aromatic rings. The molecule has 114 valence electrons. The van der Waals surface area contributed by atoms with Crippen molar-refractivity contribution in [3.8, 4) is 0 Å². The molecule has 5 heteroatoms. The molecule has 0 unspecified atom stereocenters. The maximum absolute atomic E-state index is 12.2. The Morgan fingerprint density at radius 3 is 2.45 bits per heavy atom. The van der Waals surface area contributed by atoms with E-state index in [4.69, 9.17) is 9.15 Å². The number of nitrogens with one attached hydrogen (secondary N) is 1. The summed E-state index contributed by atoms with van der Waals surface area (Å²) < 4.78 is 10.3. The van der Waals surface area contributed by atoms with Crippen LogP contribution in [-0.4, -0.2) is 18.0 Å². The van der Waals surface area contributed by atoms with Crippen LogP contribution in [0.4, 0.5) is 0 Å². The summed E-state index contributed by atoms with van der Waals surface area (Å²) in [6.45, 7) is 3.48. The Balaban J connectivity index is 2.21. The molecular weight excluding hydrogens is 282 g/mol. The molecule has 0 bridgehead atoms. The van der Waals surface area contributed by atoms with E-state index in [1.165, 1.54) is 12.3 Å². The molecule has 0 saturated heterocycles. The number of carbonyl (C=O) groups is 2. The number of rotatable bonds is 5. The molecule has 1 amide bonds. The first-order valence-corrected chi connectivity index (χ1v) is 6.89. The van der Waals surface area contributed by atoms with E-state index in [1.807, 2.05) is 6.07 Å². The summed E-state index contributed by atoms with van der Waals surface area (Å²) >= 11 is 0. The molecule has 0 atom stereocenters. The maximum Gasteiger partial charge on any atom is 0.355 e. The van der Waals surface area contributed by atoms with Crippen LogP contribution in [0.5, 0.6) is 0 Å². The van der Waals surface area contributed by atoms with Gasteiger partial charge in [-0.2, -0.15) is 0 Å². The van der Waals surface area contributed by atoms with E-state index in [0.29, 0.717) is 11.3 Å². The molecule has 22 heavy (non-hydrogen) atoms. The van der Waals surface area contributed by atoms with E-state index in [1.54, 1.807) is 50.2 Å². The van der Waals surface area contributed by atoms with Gasteiger partial charge in [0, 0.05) is 11.6 Å². The number of carbonyl (C=O) groups excluding carboxylic acids is 2. The second-order valence-electron chi connectivity index (χ2n) is 4.85. The molecule has 0 spiro atoms. The average molecular weight is 299 g/mol. The zero-order chi connectivity index (χ0) is 15.9. The van der Waals surface area contributed by atoms with E-state index < -0.39 is 5.97 Å². The number of hydrogen-bond acceptors (Lipinski definition) is 4. The standard InChI is InChI=1S/C17H17NO4/c1-12(2)22-17(20)15(11-14-9-6-10-21-14)18-16(19)13-7-4-3-5-8-13/h3-12H,1-2H3,(H,18,19)/b15-11+. The van der Waals surface area contributed by atoms with Crippen molar-refractivity contribution in [3.05, 3.63) is 65.7 Å². The van der Waals surface area contributed by atoms with Crippen molar-refractivity contribution in [2.75, 3.05) is 0 Å². The predicted octanol–water partition coefficient (Wildman–Crippen LogP) is 3.00. The molecule has 0 saturated carbocycles. The lowest BCUT2D eigenvalue weighted by molar-refractivity contribution is -0.142. The second-order valence-corrected chi connectivity index (χ2v) is 4.85. The van der Waals surface area contributed by atoms with Gasteiger partial charge in [-0.25, -0.2) is 4.79 Å². The first kappa shape index (κ1) is 15.6. The summed E-state index contributed by atoms with van der Waals surface area (Å²) in [5.74, 6) is -0.557. The van der Waals surface area contributed by atoms with Gasteiger partial charge < -0.3 is 14.5 Å². The van der Waals surface area contributed by atoms with Gasteiger partial charge in [0.2, 0.25) is 0 Å². The number of ether oxygens (including phenoxy) is 1. The summed E-state index contributed by atoms with van der Waals surface area (Å²) in [4.78, 5) is 24.3. The third kappa shape index (κ3) is 4.34. The molecule has 1 heterocycles. The van der Waals surface area contributed by atoms with Crippen LogP contribution < -0.4 is 5.32 Å². The fourth-order valence-corrected chi connectivity index (χ4v) is 1.72. The Morgan fingerprint density at radius 1 is 1.14 bits per heavy atom. The Bertz CT molecular complexity index is 657. The molecule has 0 aliphatic carbocycles. The highest BCUT2D eigenvalue weighted by Gasteiger charge is 2.17. The Kier molecular flexibility index (Phi) is 5.14. The summed E-state index contributed by atoms with van der Waals surface area (Å²) in [6, 6.07) is 12.0. The van der Waals surface area contributed by atoms with E-state index in [9.17, 15) is 9.59 Å². The van der Waals surface area contributed by atoms with Gasteiger partial charge in [-0.3, -0.25) is 4.79 Å². The second kappa shape index (κ2) is 7.26. The van der Waals surface area contributed by atoms with Gasteiger partial charge in [0.05, 0.1) is 12.4 Å². The van der Waals surface area contributed by atoms with Crippen LogP contribution in [-0.2, 0) is 9.53 Å². The minimum absolute atomic E-state index is 0.0255. The number of esters is 1. The van der Waals surface area contributed by atoms with Crippen molar-refractivity contribution in [3.63, 3.8) is 0 Å². The number of furan rings is 1. The minimum atomic E-state index is -0.615. The van der Waals surface area contributed by atoms with Crippen molar-refractivity contribution >= 4 is 18.0 Å². The average Bonchev–Trinajstić information content (AvgIpc) is 2.99. The molecule has 0 aliphatic rings. The van der Waals surface area contributed by atoms with Gasteiger partial charge in [-0.15, -0.1) is 0 Å². The highest BCUT2D eigenvalue weighted by Crippen LogP contribution is 2.09. The monoisotopic (exact) mass is 299 g/mol. The lowest BCUT2D eigenvalue weighted by Gasteiger charge is -2.12. The number of benzene rings is 1. The summed E-state index contributed by atoms with van der Waals surface area (Å²) in [5, 5.41) is 2.56. The Labute approximate surface area is 128 Å². The molecule has 0 fully saturated rings. The van der Waals surface area contributed by atoms with Gasteiger partial charge in [-0.05, 0) is 38.1 Å². The molecule has 5 nitrogen and oxygen atoms in total. The van der Waals surface area contributed by atoms with Gasteiger partial charge >= 0.3 is 5.97 Å². The normalized spacial score (nSPS) is 11.3. The topological polar surface area (TPSA) is 68.5 Å². The fourth-order valence-electron chi connectivity index (χ4n) is 1.72. The number of amides is 1. The maximum atomic E-state index is 12.2. The lowest BCUT2D eigenvalue weighted by atomic mass is 10.2. The van der Waals surface area contributed by atoms with Gasteiger partial charge in [0.15, 0.2) is 0 Å². The largest absolute Gasteiger partial charge is 0.465 e. The van der Waals surface area contributed by atoms with E-state index >= 15 is 0 Å². The highest BCUT2D eigenvalue weighted by molar-refractivity contribution is 6.03. The molecule has 1 aromatic heterocycles. The van der Waals surface area contributed by atoms with Crippen LogP contribution in [0.1, 0.15) is 30.0 Å². The summed E-state index contributed by atoms with van der Waals surface area (Å²) in [5.41, 5.74) is 0.475. The Hall–Kier alpha value is -2.82. The smallest absolute Gasteiger partial charge is 0.355 e. The van der Waals surface area contributed by atoms with Gasteiger partial charge in [-0.1, -0.05) is 18.2 Å². The molecular formula is C17H17NO4. The quantitative estimate of drug-likeness (QED) is 0.680. The summed E-state index contributed by atoms with van der Waals surface area (Å²) in [6.07, 6.45) is 2.63. The fraction of sp³-hybridized carbons (Fsp3) is 0.176. The zero-order valence-corrected chi connectivity index (χ0v) is 12.4. The zero-order valence-electron chi connectivity index (χ0n) is 12.4. The van der Waals surface area contributed by atoms with E-state index in [0.717, 1.165) is 0 Å². The van der Waals surface area contributed by atoms with Crippen molar-refractivity contribution in [1.82, 2.24) is 5.32 Å². The minimum Gasteiger partial charge on any atom is -0.465 e. The molecule has 1 aromatic carbocycles. The van der Waals surface area contributed by atoms with Crippen molar-refractivity contribution in [2.24, 2.45) is 0 Å². The number of hydrogen-bond donors (Lipinski definition) is 1. The van der Waals surface area contributed by atoms with Crippen LogP contribution in [0.2, 0.25) is 0 Å². The Morgan fingerprint density at radius 2 is 1.86 bits per heavy atom. The first-order chi connectivity index (χ1) is 10.6. The first-order valence-electron chi connectivity index (χ1n) is 6.89. The third-order valence-corrected chi connectivity index (χ3v) is 2.68. The van der Waals surface area contributed by atoms with Gasteiger partial charge in [0.25, 0.3) is 5.91 Å². The molecule has 1 N–H and O–H groups in total. The van der Waals surface area contributed by atoms with E-state index in [2.05, 4.69) is 5.32 Å². The van der Waals surface area contributed by atoms with Crippen molar-refractivity contribution in [1.29, 1.82) is 0 Å². The molecule has 2 rings (SSSR count). The SMILES string of the molecule is CC(C)OC(=O)/C(=C\c1ccco1)NC(=O)c1ccccc1. The van der Waals surface area contributed by atoms with Gasteiger partial charge in [0.1, 0.15) is 11.5 Å². The van der Waals surface area contributed by atoms with Crippen LogP contribution in [0.3, 0.4) is 0 Å².